The molecule has 12 heteroatoms. The minimum atomic E-state index is -4.98. The normalized spacial score (nSPS) is 15.7. The van der Waals surface area contributed by atoms with Crippen LogP contribution in [-0.2, 0) is 9.53 Å². The van der Waals surface area contributed by atoms with Crippen molar-refractivity contribution in [1.82, 2.24) is 4.57 Å². The molecule has 0 unspecified atom stereocenters. The minimum absolute atomic E-state index is 0.113. The molecule has 7 nitrogen and oxygen atoms in total. The highest BCUT2D eigenvalue weighted by atomic mass is 35.5. The summed E-state index contributed by atoms with van der Waals surface area (Å²) in [5.41, 5.74) is -2.01. The number of methoxy groups -OCH3 is 1. The van der Waals surface area contributed by atoms with E-state index in [1.165, 1.54) is 44.4 Å². The molecule has 0 saturated heterocycles. The van der Waals surface area contributed by atoms with Gasteiger partial charge in [-0.3, -0.25) is 9.36 Å². The highest BCUT2D eigenvalue weighted by molar-refractivity contribution is 7.07. The molecule has 0 amide bonds. The molecule has 3 aromatic rings. The van der Waals surface area contributed by atoms with Gasteiger partial charge in [0.25, 0.3) is 5.56 Å². The van der Waals surface area contributed by atoms with Gasteiger partial charge in [0, 0.05) is 5.02 Å². The molecule has 0 N–H and O–H groups in total. The summed E-state index contributed by atoms with van der Waals surface area (Å²) < 4.78 is 59.6. The average Bonchev–Trinajstić information content (AvgIpc) is 3.18. The summed E-state index contributed by atoms with van der Waals surface area (Å²) in [7, 11) is 1.49. The van der Waals surface area contributed by atoms with Crippen LogP contribution in [0.5, 0.6) is 11.5 Å². The second-order valence-electron chi connectivity index (χ2n) is 7.96. The molecule has 1 aromatic heterocycles. The van der Waals surface area contributed by atoms with Crippen molar-refractivity contribution in [3.05, 3.63) is 89.6 Å². The number of allylic oxidation sites excluding steroid dienone is 1. The maximum absolute atomic E-state index is 14.2. The van der Waals surface area contributed by atoms with Crippen molar-refractivity contribution in [3.63, 3.8) is 0 Å². The van der Waals surface area contributed by atoms with Crippen molar-refractivity contribution in [2.45, 2.75) is 26.1 Å². The van der Waals surface area contributed by atoms with E-state index in [1.54, 1.807) is 25.1 Å². The Balaban J connectivity index is 2.00. The largest absolute Gasteiger partial charge is 0.493 e. The van der Waals surface area contributed by atoms with E-state index in [2.05, 4.69) is 4.99 Å². The van der Waals surface area contributed by atoms with Crippen LogP contribution < -0.4 is 24.4 Å². The van der Waals surface area contributed by atoms with E-state index in [0.717, 1.165) is 15.9 Å². The van der Waals surface area contributed by atoms with Crippen LogP contribution in [0.4, 0.5) is 13.2 Å². The number of hydrogen-bond acceptors (Lipinski definition) is 7. The summed E-state index contributed by atoms with van der Waals surface area (Å²) in [4.78, 5) is 30.0. The lowest BCUT2D eigenvalue weighted by Gasteiger charge is -2.26. The number of alkyl halides is 3. The van der Waals surface area contributed by atoms with Crippen LogP contribution in [0.1, 0.15) is 31.0 Å². The van der Waals surface area contributed by atoms with Crippen LogP contribution in [0.3, 0.4) is 0 Å². The number of rotatable bonds is 7. The topological polar surface area (TPSA) is 79.1 Å². The Morgan fingerprint density at radius 3 is 2.45 bits per heavy atom. The number of esters is 1. The summed E-state index contributed by atoms with van der Waals surface area (Å²) in [6.45, 7) is 3.49. The van der Waals surface area contributed by atoms with Crippen molar-refractivity contribution >= 4 is 35.0 Å². The number of carbonyl (C=O) groups excluding carboxylic acids is 1. The van der Waals surface area contributed by atoms with Gasteiger partial charge in [0.2, 0.25) is 0 Å². The minimum Gasteiger partial charge on any atom is -0.493 e. The van der Waals surface area contributed by atoms with Crippen molar-refractivity contribution in [2.75, 3.05) is 20.3 Å². The lowest BCUT2D eigenvalue weighted by Crippen LogP contribution is -2.41. The number of aromatic nitrogens is 1. The van der Waals surface area contributed by atoms with Gasteiger partial charge in [0.15, 0.2) is 22.0 Å². The van der Waals surface area contributed by atoms with E-state index < -0.39 is 35.0 Å². The van der Waals surface area contributed by atoms with Crippen molar-refractivity contribution in [1.29, 1.82) is 0 Å². The van der Waals surface area contributed by atoms with E-state index in [4.69, 9.17) is 25.8 Å². The molecule has 0 bridgehead atoms. The number of thiazole rings is 1. The molecule has 0 saturated carbocycles. The summed E-state index contributed by atoms with van der Waals surface area (Å²) in [5, 5.41) is 0.337. The van der Waals surface area contributed by atoms with E-state index in [-0.39, 0.29) is 21.5 Å². The van der Waals surface area contributed by atoms with Crippen molar-refractivity contribution in [3.8, 4) is 11.5 Å². The maximum atomic E-state index is 14.2. The molecule has 1 aliphatic rings. The van der Waals surface area contributed by atoms with Gasteiger partial charge in [-0.25, -0.2) is 9.79 Å². The molecule has 200 valence electrons. The van der Waals surface area contributed by atoms with Crippen LogP contribution >= 0.6 is 22.9 Å². The zero-order valence-corrected chi connectivity index (χ0v) is 22.0. The van der Waals surface area contributed by atoms with Crippen LogP contribution in [0.15, 0.2) is 63.5 Å². The highest BCUT2D eigenvalue weighted by Crippen LogP contribution is 2.38. The van der Waals surface area contributed by atoms with Crippen molar-refractivity contribution < 1.29 is 32.2 Å². The van der Waals surface area contributed by atoms with E-state index >= 15 is 0 Å². The predicted octanol–water partition coefficient (Wildman–Crippen LogP) is 4.40. The zero-order valence-electron chi connectivity index (χ0n) is 20.5. The third-order valence-corrected chi connectivity index (χ3v) is 6.80. The quantitative estimate of drug-likeness (QED) is 0.396. The summed E-state index contributed by atoms with van der Waals surface area (Å²) in [5.74, 6) is -0.282. The Morgan fingerprint density at radius 2 is 1.84 bits per heavy atom. The lowest BCUT2D eigenvalue weighted by atomic mass is 9.95. The molecule has 4 rings (SSSR count). The molecular formula is C26H22ClF3N2O5S. The summed E-state index contributed by atoms with van der Waals surface area (Å²) in [6, 6.07) is 9.41. The van der Waals surface area contributed by atoms with Crippen LogP contribution in [0, 0.1) is 0 Å². The van der Waals surface area contributed by atoms with E-state index in [1.807, 2.05) is 0 Å². The first kappa shape index (κ1) is 27.5. The third-order valence-electron chi connectivity index (χ3n) is 5.57. The van der Waals surface area contributed by atoms with Gasteiger partial charge in [-0.15, -0.1) is 0 Å². The fraction of sp³-hybridized carbons (Fsp3) is 0.269. The maximum Gasteiger partial charge on any atom is 0.434 e. The second-order valence-corrected chi connectivity index (χ2v) is 9.40. The third kappa shape index (κ3) is 5.34. The second kappa shape index (κ2) is 11.0. The first-order valence-corrected chi connectivity index (χ1v) is 12.6. The zero-order chi connectivity index (χ0) is 27.6. The number of hydrogen-bond donors (Lipinski definition) is 0. The fourth-order valence-electron chi connectivity index (χ4n) is 4.00. The Bertz CT molecular complexity index is 1580. The standard InChI is InChI=1S/C26H22ClF3N2O5S/c1-4-36-18-12-14(6-11-17(18)35-3)13-19-23(33)32-21(15-7-9-16(27)10-8-15)20(24(34)37-5-2)22(26(28,29)30)31-25(32)38-19/h6-13,21H,4-5H2,1-3H3/b19-13-/t21-/m0/s1. The van der Waals surface area contributed by atoms with Gasteiger partial charge in [-0.1, -0.05) is 41.1 Å². The molecule has 2 aromatic carbocycles. The molecule has 38 heavy (non-hydrogen) atoms. The van der Waals surface area contributed by atoms with Crippen LogP contribution in [0.2, 0.25) is 5.02 Å². The molecule has 1 atom stereocenters. The lowest BCUT2D eigenvalue weighted by molar-refractivity contribution is -0.140. The Hall–Kier alpha value is -3.57. The van der Waals surface area contributed by atoms with E-state index in [9.17, 15) is 22.8 Å². The average molecular weight is 567 g/mol. The van der Waals surface area contributed by atoms with Gasteiger partial charge in [-0.05, 0) is 55.3 Å². The smallest absolute Gasteiger partial charge is 0.434 e. The van der Waals surface area contributed by atoms with Gasteiger partial charge in [0.05, 0.1) is 36.5 Å². The molecular weight excluding hydrogens is 545 g/mol. The first-order chi connectivity index (χ1) is 18.1. The van der Waals surface area contributed by atoms with Gasteiger partial charge in [-0.2, -0.15) is 13.2 Å². The van der Waals surface area contributed by atoms with Crippen LogP contribution in [0.25, 0.3) is 6.08 Å². The number of benzene rings is 2. The highest BCUT2D eigenvalue weighted by Gasteiger charge is 2.45. The Morgan fingerprint density at radius 1 is 1.13 bits per heavy atom. The molecule has 0 spiro atoms. The molecule has 1 aliphatic heterocycles. The van der Waals surface area contributed by atoms with Crippen LogP contribution in [-0.4, -0.2) is 37.0 Å². The number of nitrogens with zero attached hydrogens (tertiary/aromatic N) is 2. The van der Waals surface area contributed by atoms with Gasteiger partial charge >= 0.3 is 12.1 Å². The molecule has 0 fully saturated rings. The monoisotopic (exact) mass is 566 g/mol. The first-order valence-electron chi connectivity index (χ1n) is 11.5. The van der Waals surface area contributed by atoms with Gasteiger partial charge in [0.1, 0.15) is 0 Å². The molecule has 2 heterocycles. The van der Waals surface area contributed by atoms with E-state index in [0.29, 0.717) is 28.7 Å². The van der Waals surface area contributed by atoms with Crippen molar-refractivity contribution in [2.24, 2.45) is 4.99 Å². The molecule has 0 aliphatic carbocycles. The summed E-state index contributed by atoms with van der Waals surface area (Å²) in [6.07, 6.45) is -3.46. The number of fused-ring (bicyclic) bond motifs is 1. The number of halogens is 4. The fourth-order valence-corrected chi connectivity index (χ4v) is 5.13. The van der Waals surface area contributed by atoms with Gasteiger partial charge < -0.3 is 14.2 Å². The Labute approximate surface area is 224 Å². The number of ether oxygens (including phenoxy) is 3. The summed E-state index contributed by atoms with van der Waals surface area (Å²) >= 11 is 6.77. The molecule has 0 radical (unpaired) electrons. The number of carbonyl (C=O) groups is 1. The SMILES string of the molecule is CCOC(=O)C1=C(C(F)(F)F)N=c2s/c(=C\c3ccc(OC)c(OCC)c3)c(=O)n2[C@H]1c1ccc(Cl)cc1. The predicted molar refractivity (Wildman–Crippen MR) is 136 cm³/mol. The Kier molecular flexibility index (Phi) is 7.98.